The lowest BCUT2D eigenvalue weighted by Gasteiger charge is -2.41. The Kier molecular flexibility index (Phi) is 6.88. The number of amides is 1. The molecule has 7 heteroatoms. The van der Waals surface area contributed by atoms with Crippen LogP contribution in [0.1, 0.15) is 67.2 Å². The Balaban J connectivity index is 1.42. The molecule has 1 amide bonds. The van der Waals surface area contributed by atoms with Crippen LogP contribution >= 0.6 is 0 Å². The SMILES string of the molecule is COC(=O)N1CCC[C@H](c2[nH]ncc2C#N)[C@@H]1COC1CCC(c2ccccc2)CC1. The molecule has 1 N–H and O–H groups in total. The molecule has 1 aromatic carbocycles. The number of hydrogen-bond donors (Lipinski definition) is 1. The molecule has 0 bridgehead atoms. The average Bonchev–Trinajstić information content (AvgIpc) is 3.31. The molecule has 0 radical (unpaired) electrons. The van der Waals surface area contributed by atoms with E-state index in [1.807, 2.05) is 0 Å². The van der Waals surface area contributed by atoms with E-state index in [1.165, 1.54) is 12.7 Å². The summed E-state index contributed by atoms with van der Waals surface area (Å²) in [6, 6.07) is 12.7. The molecule has 2 fully saturated rings. The molecule has 7 nitrogen and oxygen atoms in total. The average molecular weight is 423 g/mol. The van der Waals surface area contributed by atoms with Gasteiger partial charge in [-0.25, -0.2) is 4.79 Å². The lowest BCUT2D eigenvalue weighted by Crippen LogP contribution is -2.50. The number of likely N-dealkylation sites (tertiary alicyclic amines) is 1. The summed E-state index contributed by atoms with van der Waals surface area (Å²) in [6.45, 7) is 1.07. The van der Waals surface area contributed by atoms with Gasteiger partial charge in [0.1, 0.15) is 6.07 Å². The summed E-state index contributed by atoms with van der Waals surface area (Å²) >= 11 is 0. The van der Waals surface area contributed by atoms with Crippen LogP contribution < -0.4 is 0 Å². The minimum atomic E-state index is -0.343. The molecule has 4 rings (SSSR count). The van der Waals surface area contributed by atoms with Gasteiger partial charge in [-0.1, -0.05) is 30.3 Å². The van der Waals surface area contributed by atoms with Crippen molar-refractivity contribution in [3.05, 3.63) is 53.3 Å². The second kappa shape index (κ2) is 9.97. The van der Waals surface area contributed by atoms with Crippen molar-refractivity contribution in [3.63, 3.8) is 0 Å². The van der Waals surface area contributed by atoms with Crippen molar-refractivity contribution in [1.82, 2.24) is 15.1 Å². The number of H-pyrrole nitrogens is 1. The van der Waals surface area contributed by atoms with Gasteiger partial charge in [-0.15, -0.1) is 0 Å². The molecule has 1 aliphatic carbocycles. The molecule has 1 aromatic heterocycles. The molecule has 1 saturated carbocycles. The van der Waals surface area contributed by atoms with Gasteiger partial charge in [0.05, 0.1) is 43.3 Å². The first-order chi connectivity index (χ1) is 15.2. The van der Waals surface area contributed by atoms with E-state index in [0.29, 0.717) is 24.6 Å². The summed E-state index contributed by atoms with van der Waals surface area (Å²) in [7, 11) is 1.41. The number of piperidine rings is 1. The number of aromatic amines is 1. The smallest absolute Gasteiger partial charge is 0.409 e. The number of nitrogens with zero attached hydrogens (tertiary/aromatic N) is 3. The molecule has 2 heterocycles. The highest BCUT2D eigenvalue weighted by molar-refractivity contribution is 5.68. The maximum Gasteiger partial charge on any atom is 0.409 e. The fourth-order valence-electron chi connectivity index (χ4n) is 5.13. The Hall–Kier alpha value is -2.85. The Labute approximate surface area is 183 Å². The van der Waals surface area contributed by atoms with Gasteiger partial charge in [0.2, 0.25) is 0 Å². The number of carbonyl (C=O) groups excluding carboxylic acids is 1. The number of aromatic nitrogens is 2. The molecule has 2 aromatic rings. The van der Waals surface area contributed by atoms with Gasteiger partial charge in [-0.05, 0) is 50.0 Å². The van der Waals surface area contributed by atoms with Crippen LogP contribution in [0.25, 0.3) is 0 Å². The first-order valence-electron chi connectivity index (χ1n) is 11.2. The second-order valence-corrected chi connectivity index (χ2v) is 8.51. The maximum atomic E-state index is 12.5. The fourth-order valence-corrected chi connectivity index (χ4v) is 5.13. The predicted molar refractivity (Wildman–Crippen MR) is 116 cm³/mol. The van der Waals surface area contributed by atoms with E-state index >= 15 is 0 Å². The summed E-state index contributed by atoms with van der Waals surface area (Å²) in [6.07, 6.45) is 7.39. The lowest BCUT2D eigenvalue weighted by molar-refractivity contribution is -0.0242. The molecule has 2 aliphatic rings. The van der Waals surface area contributed by atoms with Crippen LogP contribution in [0.4, 0.5) is 4.79 Å². The Morgan fingerprint density at radius 3 is 2.71 bits per heavy atom. The normalized spacial score (nSPS) is 26.3. The summed E-state index contributed by atoms with van der Waals surface area (Å²) < 4.78 is 11.4. The number of nitrogens with one attached hydrogen (secondary N) is 1. The summed E-state index contributed by atoms with van der Waals surface area (Å²) in [5, 5.41) is 16.5. The number of methoxy groups -OCH3 is 1. The zero-order valence-electron chi connectivity index (χ0n) is 18.0. The van der Waals surface area contributed by atoms with Crippen molar-refractivity contribution in [2.24, 2.45) is 0 Å². The van der Waals surface area contributed by atoms with Gasteiger partial charge in [-0.3, -0.25) is 5.10 Å². The topological polar surface area (TPSA) is 91.2 Å². The van der Waals surface area contributed by atoms with Crippen LogP contribution in [0.2, 0.25) is 0 Å². The molecule has 2 atom stereocenters. The van der Waals surface area contributed by atoms with E-state index in [9.17, 15) is 10.1 Å². The molecule has 1 saturated heterocycles. The van der Waals surface area contributed by atoms with Crippen molar-refractivity contribution >= 4 is 6.09 Å². The highest BCUT2D eigenvalue weighted by Gasteiger charge is 2.38. The van der Waals surface area contributed by atoms with Gasteiger partial charge in [0.15, 0.2) is 0 Å². The summed E-state index contributed by atoms with van der Waals surface area (Å²) in [5.41, 5.74) is 2.73. The van der Waals surface area contributed by atoms with E-state index in [1.54, 1.807) is 11.1 Å². The Morgan fingerprint density at radius 1 is 1.23 bits per heavy atom. The highest BCUT2D eigenvalue weighted by Crippen LogP contribution is 2.36. The van der Waals surface area contributed by atoms with Crippen molar-refractivity contribution in [2.75, 3.05) is 20.3 Å². The Morgan fingerprint density at radius 2 is 2.00 bits per heavy atom. The fraction of sp³-hybridized carbons (Fsp3) is 0.542. The van der Waals surface area contributed by atoms with E-state index in [-0.39, 0.29) is 24.2 Å². The van der Waals surface area contributed by atoms with Crippen molar-refractivity contribution in [2.45, 2.75) is 62.5 Å². The van der Waals surface area contributed by atoms with E-state index < -0.39 is 0 Å². The highest BCUT2D eigenvalue weighted by atomic mass is 16.5. The Bertz CT molecular complexity index is 899. The minimum absolute atomic E-state index is 0.0225. The van der Waals surface area contributed by atoms with Crippen LogP contribution in [-0.2, 0) is 9.47 Å². The minimum Gasteiger partial charge on any atom is -0.453 e. The molecule has 31 heavy (non-hydrogen) atoms. The van der Waals surface area contributed by atoms with Gasteiger partial charge in [-0.2, -0.15) is 10.4 Å². The monoisotopic (exact) mass is 422 g/mol. The quantitative estimate of drug-likeness (QED) is 0.774. The maximum absolute atomic E-state index is 12.5. The number of carbonyl (C=O) groups is 1. The lowest BCUT2D eigenvalue weighted by atomic mass is 9.82. The van der Waals surface area contributed by atoms with E-state index in [0.717, 1.165) is 44.2 Å². The van der Waals surface area contributed by atoms with Crippen molar-refractivity contribution in [1.29, 1.82) is 5.26 Å². The predicted octanol–water partition coefficient (Wildman–Crippen LogP) is 4.34. The van der Waals surface area contributed by atoms with Crippen LogP contribution in [0.3, 0.4) is 0 Å². The van der Waals surface area contributed by atoms with Crippen molar-refractivity contribution < 1.29 is 14.3 Å². The third kappa shape index (κ3) is 4.75. The summed E-state index contributed by atoms with van der Waals surface area (Å²) in [4.78, 5) is 14.2. The van der Waals surface area contributed by atoms with Crippen molar-refractivity contribution in [3.8, 4) is 6.07 Å². The summed E-state index contributed by atoms with van der Waals surface area (Å²) in [5.74, 6) is 0.573. The number of nitriles is 1. The molecule has 164 valence electrons. The first-order valence-corrected chi connectivity index (χ1v) is 11.2. The number of ether oxygens (including phenoxy) is 2. The zero-order chi connectivity index (χ0) is 21.6. The number of rotatable bonds is 5. The largest absolute Gasteiger partial charge is 0.453 e. The van der Waals surface area contributed by atoms with Crippen LogP contribution in [0.5, 0.6) is 0 Å². The third-order valence-electron chi connectivity index (χ3n) is 6.80. The standard InChI is InChI=1S/C24H30N4O3/c1-30-24(29)28-13-5-8-21(23-19(14-25)15-26-27-23)22(28)16-31-20-11-9-18(10-12-20)17-6-3-2-4-7-17/h2-4,6-7,15,18,20-22H,5,8-13,16H2,1H3,(H,26,27)/t18?,20?,21-,22-/m0/s1. The van der Waals surface area contributed by atoms with Crippen LogP contribution in [-0.4, -0.2) is 53.6 Å². The molecule has 1 aliphatic heterocycles. The zero-order valence-corrected chi connectivity index (χ0v) is 18.0. The van der Waals surface area contributed by atoms with Crippen LogP contribution in [0, 0.1) is 11.3 Å². The third-order valence-corrected chi connectivity index (χ3v) is 6.80. The van der Waals surface area contributed by atoms with Gasteiger partial charge >= 0.3 is 6.09 Å². The first kappa shape index (κ1) is 21.4. The number of benzene rings is 1. The van der Waals surface area contributed by atoms with E-state index in [4.69, 9.17) is 9.47 Å². The number of hydrogen-bond acceptors (Lipinski definition) is 5. The second-order valence-electron chi connectivity index (χ2n) is 8.51. The van der Waals surface area contributed by atoms with Gasteiger partial charge < -0.3 is 14.4 Å². The van der Waals surface area contributed by atoms with Gasteiger partial charge in [0.25, 0.3) is 0 Å². The van der Waals surface area contributed by atoms with Crippen LogP contribution in [0.15, 0.2) is 36.5 Å². The molecular formula is C24H30N4O3. The molecular weight excluding hydrogens is 392 g/mol. The van der Waals surface area contributed by atoms with E-state index in [2.05, 4.69) is 46.6 Å². The molecule has 0 unspecified atom stereocenters. The molecule has 0 spiro atoms. The van der Waals surface area contributed by atoms with Gasteiger partial charge in [0, 0.05) is 12.5 Å².